The number of sulfone groups is 1. The normalized spacial score (nSPS) is 10.6. The third-order valence-corrected chi connectivity index (χ3v) is 4.13. The van der Waals surface area contributed by atoms with E-state index in [1.54, 1.807) is 37.4 Å². The molecule has 0 unspecified atom stereocenters. The summed E-state index contributed by atoms with van der Waals surface area (Å²) < 4.78 is 23.7. The van der Waals surface area contributed by atoms with Gasteiger partial charge >= 0.3 is 0 Å². The van der Waals surface area contributed by atoms with Gasteiger partial charge < -0.3 is 10.6 Å². The van der Waals surface area contributed by atoms with E-state index in [0.717, 1.165) is 0 Å². The Labute approximate surface area is 120 Å². The fourth-order valence-electron chi connectivity index (χ4n) is 1.40. The van der Waals surface area contributed by atoms with E-state index in [-0.39, 0.29) is 35.5 Å². The Morgan fingerprint density at radius 1 is 1.16 bits per heavy atom. The van der Waals surface area contributed by atoms with E-state index in [1.165, 1.54) is 0 Å². The Morgan fingerprint density at radius 2 is 1.79 bits per heavy atom. The molecular formula is C12H19ClN2O3S. The highest BCUT2D eigenvalue weighted by Gasteiger charge is 2.13. The van der Waals surface area contributed by atoms with Crippen LogP contribution in [0.15, 0.2) is 35.2 Å². The molecule has 1 amide bonds. The quantitative estimate of drug-likeness (QED) is 0.774. The van der Waals surface area contributed by atoms with Crippen LogP contribution in [0.5, 0.6) is 0 Å². The van der Waals surface area contributed by atoms with Gasteiger partial charge in [0.15, 0.2) is 9.84 Å². The van der Waals surface area contributed by atoms with Gasteiger partial charge in [-0.2, -0.15) is 0 Å². The van der Waals surface area contributed by atoms with Gasteiger partial charge in [0, 0.05) is 19.5 Å². The Kier molecular flexibility index (Phi) is 8.38. The molecular weight excluding hydrogens is 288 g/mol. The first-order valence-corrected chi connectivity index (χ1v) is 7.40. The minimum atomic E-state index is -3.31. The van der Waals surface area contributed by atoms with Crippen LogP contribution in [0.4, 0.5) is 0 Å². The van der Waals surface area contributed by atoms with Crippen molar-refractivity contribution in [3.63, 3.8) is 0 Å². The summed E-state index contributed by atoms with van der Waals surface area (Å²) in [5.74, 6) is -0.227. The summed E-state index contributed by atoms with van der Waals surface area (Å²) in [6, 6.07) is 8.23. The average molecular weight is 307 g/mol. The first-order chi connectivity index (χ1) is 8.56. The predicted molar refractivity (Wildman–Crippen MR) is 77.3 cm³/mol. The lowest BCUT2D eigenvalue weighted by atomic mass is 10.4. The molecule has 0 bridgehead atoms. The van der Waals surface area contributed by atoms with Crippen LogP contribution in [0.25, 0.3) is 0 Å². The summed E-state index contributed by atoms with van der Waals surface area (Å²) in [7, 11) is -1.55. The topological polar surface area (TPSA) is 75.3 Å². The zero-order valence-corrected chi connectivity index (χ0v) is 12.4. The third-order valence-electron chi connectivity index (χ3n) is 2.40. The van der Waals surface area contributed by atoms with Crippen LogP contribution in [0.2, 0.25) is 0 Å². The maximum Gasteiger partial charge on any atom is 0.221 e. The zero-order chi connectivity index (χ0) is 13.4. The highest BCUT2D eigenvalue weighted by atomic mass is 35.5. The van der Waals surface area contributed by atoms with E-state index in [1.807, 2.05) is 0 Å². The summed E-state index contributed by atoms with van der Waals surface area (Å²) in [5, 5.41) is 5.44. The van der Waals surface area contributed by atoms with Gasteiger partial charge in [0.05, 0.1) is 10.6 Å². The number of amides is 1. The van der Waals surface area contributed by atoms with Gasteiger partial charge in [0.1, 0.15) is 0 Å². The number of hydrogen-bond acceptors (Lipinski definition) is 4. The van der Waals surface area contributed by atoms with Crippen molar-refractivity contribution in [1.29, 1.82) is 0 Å². The van der Waals surface area contributed by atoms with Crippen molar-refractivity contribution in [3.8, 4) is 0 Å². The van der Waals surface area contributed by atoms with Crippen LogP contribution in [0.3, 0.4) is 0 Å². The van der Waals surface area contributed by atoms with E-state index in [9.17, 15) is 13.2 Å². The maximum absolute atomic E-state index is 11.9. The number of halogens is 1. The molecule has 0 heterocycles. The number of carbonyl (C=O) groups excluding carboxylic acids is 1. The first-order valence-electron chi connectivity index (χ1n) is 5.75. The monoisotopic (exact) mass is 306 g/mol. The molecule has 7 heteroatoms. The lowest BCUT2D eigenvalue weighted by molar-refractivity contribution is -0.120. The fraction of sp³-hybridized carbons (Fsp3) is 0.417. The fourth-order valence-corrected chi connectivity index (χ4v) is 2.58. The molecule has 1 aromatic rings. The van der Waals surface area contributed by atoms with Gasteiger partial charge in [-0.05, 0) is 19.2 Å². The molecule has 0 atom stereocenters. The third kappa shape index (κ3) is 6.56. The van der Waals surface area contributed by atoms with E-state index in [0.29, 0.717) is 13.0 Å². The number of carbonyl (C=O) groups is 1. The molecule has 0 aliphatic heterocycles. The number of nitrogens with one attached hydrogen (secondary N) is 2. The second kappa shape index (κ2) is 8.90. The predicted octanol–water partition coefficient (Wildman–Crippen LogP) is 0.608. The van der Waals surface area contributed by atoms with Crippen molar-refractivity contribution in [2.45, 2.75) is 11.3 Å². The minimum Gasteiger partial charge on any atom is -0.355 e. The van der Waals surface area contributed by atoms with E-state index in [4.69, 9.17) is 0 Å². The molecule has 5 nitrogen and oxygen atoms in total. The Balaban J connectivity index is 0.00000324. The second-order valence-corrected chi connectivity index (χ2v) is 5.94. The smallest absolute Gasteiger partial charge is 0.221 e. The zero-order valence-electron chi connectivity index (χ0n) is 10.8. The highest BCUT2D eigenvalue weighted by Crippen LogP contribution is 2.09. The van der Waals surface area contributed by atoms with Crippen LogP contribution in [0.1, 0.15) is 6.42 Å². The average Bonchev–Trinajstić information content (AvgIpc) is 2.37. The van der Waals surface area contributed by atoms with Gasteiger partial charge in [0.25, 0.3) is 0 Å². The SMILES string of the molecule is CNCCC(=O)NCCS(=O)(=O)c1ccccc1.Cl. The summed E-state index contributed by atoms with van der Waals surface area (Å²) in [6.07, 6.45) is 0.349. The van der Waals surface area contributed by atoms with Crippen molar-refractivity contribution in [1.82, 2.24) is 10.6 Å². The summed E-state index contributed by atoms with van der Waals surface area (Å²) in [6.45, 7) is 0.719. The van der Waals surface area contributed by atoms with E-state index < -0.39 is 9.84 Å². The molecule has 0 radical (unpaired) electrons. The number of benzene rings is 1. The molecule has 1 rings (SSSR count). The highest BCUT2D eigenvalue weighted by molar-refractivity contribution is 7.91. The van der Waals surface area contributed by atoms with Crippen LogP contribution >= 0.6 is 12.4 Å². The van der Waals surface area contributed by atoms with E-state index >= 15 is 0 Å². The summed E-state index contributed by atoms with van der Waals surface area (Å²) >= 11 is 0. The number of rotatable bonds is 7. The van der Waals surface area contributed by atoms with Gasteiger partial charge in [-0.25, -0.2) is 8.42 Å². The van der Waals surface area contributed by atoms with Gasteiger partial charge in [0.2, 0.25) is 5.91 Å². The Bertz CT molecular complexity index is 477. The Morgan fingerprint density at radius 3 is 2.37 bits per heavy atom. The lowest BCUT2D eigenvalue weighted by Gasteiger charge is -2.06. The van der Waals surface area contributed by atoms with Crippen molar-refractivity contribution in [3.05, 3.63) is 30.3 Å². The molecule has 0 aromatic heterocycles. The summed E-state index contributed by atoms with van der Waals surface area (Å²) in [5.41, 5.74) is 0. The van der Waals surface area contributed by atoms with Gasteiger partial charge in [-0.1, -0.05) is 18.2 Å². The molecule has 19 heavy (non-hydrogen) atoms. The van der Waals surface area contributed by atoms with Gasteiger partial charge in [-0.3, -0.25) is 4.79 Å². The molecule has 0 saturated heterocycles. The first kappa shape index (κ1) is 17.9. The standard InChI is InChI=1S/C12H18N2O3S.ClH/c1-13-8-7-12(15)14-9-10-18(16,17)11-5-3-2-4-6-11;/h2-6,13H,7-10H2,1H3,(H,14,15);1H. The molecule has 0 aliphatic carbocycles. The molecule has 0 spiro atoms. The maximum atomic E-state index is 11.9. The molecule has 1 aromatic carbocycles. The molecule has 0 aliphatic rings. The van der Waals surface area contributed by atoms with Crippen molar-refractivity contribution in [2.75, 3.05) is 25.9 Å². The summed E-state index contributed by atoms with van der Waals surface area (Å²) in [4.78, 5) is 11.6. The largest absolute Gasteiger partial charge is 0.355 e. The van der Waals surface area contributed by atoms with Gasteiger partial charge in [-0.15, -0.1) is 12.4 Å². The molecule has 0 saturated carbocycles. The van der Waals surface area contributed by atoms with Crippen molar-refractivity contribution < 1.29 is 13.2 Å². The van der Waals surface area contributed by atoms with Crippen LogP contribution < -0.4 is 10.6 Å². The van der Waals surface area contributed by atoms with Crippen LogP contribution in [-0.4, -0.2) is 40.2 Å². The Hall–Kier alpha value is -1.11. The van der Waals surface area contributed by atoms with Crippen LogP contribution in [-0.2, 0) is 14.6 Å². The molecule has 2 N–H and O–H groups in total. The van der Waals surface area contributed by atoms with E-state index in [2.05, 4.69) is 10.6 Å². The van der Waals surface area contributed by atoms with Crippen molar-refractivity contribution >= 4 is 28.2 Å². The second-order valence-electron chi connectivity index (χ2n) is 3.84. The molecule has 0 fully saturated rings. The lowest BCUT2D eigenvalue weighted by Crippen LogP contribution is -2.30. The van der Waals surface area contributed by atoms with Crippen LogP contribution in [0, 0.1) is 0 Å². The van der Waals surface area contributed by atoms with Crippen molar-refractivity contribution in [2.24, 2.45) is 0 Å². The minimum absolute atomic E-state index is 0. The number of hydrogen-bond donors (Lipinski definition) is 2. The molecule has 108 valence electrons.